The number of hydrogen-bond donors (Lipinski definition) is 2. The van der Waals surface area contributed by atoms with E-state index in [2.05, 4.69) is 17.5 Å². The minimum atomic E-state index is 0.0194. The van der Waals surface area contributed by atoms with E-state index in [4.69, 9.17) is 11.6 Å². The lowest BCUT2D eigenvalue weighted by Crippen LogP contribution is -3.12. The number of carbonyl (C=O) groups is 1. The number of likely N-dealkylation sites (N-methyl/N-ethyl adjacent to an activating group) is 1. The molecule has 136 valence electrons. The second-order valence-electron chi connectivity index (χ2n) is 6.67. The van der Waals surface area contributed by atoms with Crippen molar-refractivity contribution in [3.05, 3.63) is 46.6 Å². The van der Waals surface area contributed by atoms with Crippen molar-refractivity contribution in [1.29, 1.82) is 0 Å². The minimum Gasteiger partial charge on any atom is -0.335 e. The highest BCUT2D eigenvalue weighted by Gasteiger charge is 2.19. The molecule has 1 fully saturated rings. The first-order valence-electron chi connectivity index (χ1n) is 8.65. The highest BCUT2D eigenvalue weighted by atomic mass is 35.5. The summed E-state index contributed by atoms with van der Waals surface area (Å²) in [5.74, 6) is 0.0194. The standard InChI is InChI=1S/C18H20ClN5OS/c1-22-6-8-23(9-7-22)21-17(25)10-15-12-26-18-20-16(11-24(15)18)13-2-4-14(19)5-3-13/h2-5,11-12H,6-10H2,1H3,(H,21,25)/p+1. The van der Waals surface area contributed by atoms with Gasteiger partial charge in [0.1, 0.15) is 0 Å². The maximum atomic E-state index is 12.4. The lowest BCUT2D eigenvalue weighted by molar-refractivity contribution is -0.884. The van der Waals surface area contributed by atoms with Gasteiger partial charge in [0.15, 0.2) is 4.96 Å². The van der Waals surface area contributed by atoms with Gasteiger partial charge in [0.05, 0.1) is 45.3 Å². The van der Waals surface area contributed by atoms with Crippen molar-refractivity contribution in [3.8, 4) is 11.3 Å². The molecule has 8 heteroatoms. The van der Waals surface area contributed by atoms with Gasteiger partial charge in [-0.1, -0.05) is 23.7 Å². The van der Waals surface area contributed by atoms with Crippen LogP contribution >= 0.6 is 22.9 Å². The number of nitrogens with zero attached hydrogens (tertiary/aromatic N) is 3. The summed E-state index contributed by atoms with van der Waals surface area (Å²) in [6.07, 6.45) is 2.33. The molecule has 3 heterocycles. The summed E-state index contributed by atoms with van der Waals surface area (Å²) in [5.41, 5.74) is 5.88. The summed E-state index contributed by atoms with van der Waals surface area (Å²) in [7, 11) is 2.18. The molecule has 4 rings (SSSR count). The number of benzene rings is 1. The van der Waals surface area contributed by atoms with Crippen molar-refractivity contribution >= 4 is 33.8 Å². The van der Waals surface area contributed by atoms with Gasteiger partial charge >= 0.3 is 0 Å². The lowest BCUT2D eigenvalue weighted by atomic mass is 10.2. The minimum absolute atomic E-state index is 0.0194. The van der Waals surface area contributed by atoms with Crippen molar-refractivity contribution in [2.45, 2.75) is 6.42 Å². The molecule has 3 aromatic rings. The largest absolute Gasteiger partial charge is 0.335 e. The molecule has 0 spiro atoms. The Kier molecular flexibility index (Phi) is 4.95. The molecule has 6 nitrogen and oxygen atoms in total. The van der Waals surface area contributed by atoms with Gasteiger partial charge in [-0.3, -0.25) is 14.6 Å². The van der Waals surface area contributed by atoms with Crippen LogP contribution in [0.4, 0.5) is 0 Å². The third kappa shape index (κ3) is 3.76. The van der Waals surface area contributed by atoms with Crippen LogP contribution in [0.3, 0.4) is 0 Å². The van der Waals surface area contributed by atoms with Crippen molar-refractivity contribution < 1.29 is 9.69 Å². The fraction of sp³-hybridized carbons (Fsp3) is 0.333. The molecule has 0 bridgehead atoms. The number of rotatable bonds is 4. The molecule has 2 N–H and O–H groups in total. The fourth-order valence-electron chi connectivity index (χ4n) is 3.10. The molecule has 2 aromatic heterocycles. The van der Waals surface area contributed by atoms with Gasteiger partial charge < -0.3 is 4.90 Å². The number of aromatic nitrogens is 2. The first-order chi connectivity index (χ1) is 12.6. The third-order valence-electron chi connectivity index (χ3n) is 4.66. The van der Waals surface area contributed by atoms with Crippen molar-refractivity contribution in [2.24, 2.45) is 0 Å². The molecule has 0 aliphatic carbocycles. The highest BCUT2D eigenvalue weighted by molar-refractivity contribution is 7.15. The number of hydrogen-bond acceptors (Lipinski definition) is 4. The third-order valence-corrected chi connectivity index (χ3v) is 5.81. The number of imidazole rings is 1. The molecule has 1 amide bonds. The zero-order valence-corrected chi connectivity index (χ0v) is 16.1. The van der Waals surface area contributed by atoms with E-state index >= 15 is 0 Å². The van der Waals surface area contributed by atoms with Gasteiger partial charge in [-0.15, -0.1) is 11.3 Å². The second-order valence-corrected chi connectivity index (χ2v) is 7.94. The van der Waals surface area contributed by atoms with Gasteiger partial charge in [0.2, 0.25) is 5.91 Å². The Morgan fingerprint density at radius 1 is 1.31 bits per heavy atom. The monoisotopic (exact) mass is 390 g/mol. The van der Waals surface area contributed by atoms with Crippen molar-refractivity contribution in [3.63, 3.8) is 0 Å². The van der Waals surface area contributed by atoms with Crippen molar-refractivity contribution in [1.82, 2.24) is 19.8 Å². The Bertz CT molecular complexity index is 911. The summed E-state index contributed by atoms with van der Waals surface area (Å²) >= 11 is 7.50. The number of halogens is 1. The van der Waals surface area contributed by atoms with Gasteiger partial charge in [-0.05, 0) is 12.1 Å². The molecule has 0 radical (unpaired) electrons. The predicted octanol–water partition coefficient (Wildman–Crippen LogP) is 1.12. The molecule has 1 aliphatic rings. The molecular weight excluding hydrogens is 370 g/mol. The van der Waals surface area contributed by atoms with Crippen LogP contribution in [-0.4, -0.2) is 53.5 Å². The number of fused-ring (bicyclic) bond motifs is 1. The Morgan fingerprint density at radius 2 is 2.04 bits per heavy atom. The van der Waals surface area contributed by atoms with E-state index in [0.717, 1.165) is 48.1 Å². The summed E-state index contributed by atoms with van der Waals surface area (Å²) in [6, 6.07) is 7.62. The average molecular weight is 391 g/mol. The molecule has 1 aromatic carbocycles. The second kappa shape index (κ2) is 7.36. The predicted molar refractivity (Wildman–Crippen MR) is 104 cm³/mol. The number of hydrazine groups is 1. The van der Waals surface area contributed by atoms with E-state index in [1.54, 1.807) is 11.3 Å². The van der Waals surface area contributed by atoms with Gasteiger partial charge in [-0.2, -0.15) is 0 Å². The van der Waals surface area contributed by atoms with E-state index < -0.39 is 0 Å². The van der Waals surface area contributed by atoms with Crippen LogP contribution in [0.15, 0.2) is 35.8 Å². The van der Waals surface area contributed by atoms with Crippen LogP contribution < -0.4 is 10.3 Å². The average Bonchev–Trinajstić information content (AvgIpc) is 3.20. The fourth-order valence-corrected chi connectivity index (χ4v) is 4.10. The van der Waals surface area contributed by atoms with E-state index in [0.29, 0.717) is 11.4 Å². The number of carbonyl (C=O) groups excluding carboxylic acids is 1. The maximum Gasteiger partial charge on any atom is 0.240 e. The first-order valence-corrected chi connectivity index (χ1v) is 9.91. The van der Waals surface area contributed by atoms with Gasteiger partial charge in [0.25, 0.3) is 0 Å². The SMILES string of the molecule is C[NH+]1CCN(NC(=O)Cc2csc3nc(-c4ccc(Cl)cc4)cn23)CC1. The van der Waals surface area contributed by atoms with Crippen LogP contribution in [0, 0.1) is 0 Å². The van der Waals surface area contributed by atoms with Crippen molar-refractivity contribution in [2.75, 3.05) is 33.2 Å². The molecule has 1 saturated heterocycles. The molecule has 1 aliphatic heterocycles. The van der Waals surface area contributed by atoms with E-state index in [9.17, 15) is 4.79 Å². The summed E-state index contributed by atoms with van der Waals surface area (Å²) in [5, 5.41) is 4.73. The van der Waals surface area contributed by atoms with Crippen LogP contribution in [-0.2, 0) is 11.2 Å². The summed E-state index contributed by atoms with van der Waals surface area (Å²) in [4.78, 5) is 19.5. The zero-order valence-electron chi connectivity index (χ0n) is 14.5. The maximum absolute atomic E-state index is 12.4. The summed E-state index contributed by atoms with van der Waals surface area (Å²) < 4.78 is 2.00. The van der Waals surface area contributed by atoms with Crippen LogP contribution in [0.5, 0.6) is 0 Å². The van der Waals surface area contributed by atoms with Gasteiger partial charge in [0, 0.05) is 27.9 Å². The smallest absolute Gasteiger partial charge is 0.240 e. The number of thiazole rings is 1. The number of amides is 1. The highest BCUT2D eigenvalue weighted by Crippen LogP contribution is 2.25. The number of quaternary nitrogens is 1. The quantitative estimate of drug-likeness (QED) is 0.702. The Hall–Kier alpha value is -1.93. The Labute approximate surface area is 161 Å². The van der Waals surface area contributed by atoms with Crippen LogP contribution in [0.25, 0.3) is 16.2 Å². The molecule has 0 atom stereocenters. The molecule has 26 heavy (non-hydrogen) atoms. The lowest BCUT2D eigenvalue weighted by Gasteiger charge is -2.30. The summed E-state index contributed by atoms with van der Waals surface area (Å²) in [6.45, 7) is 3.88. The first kappa shape index (κ1) is 17.5. The Balaban J connectivity index is 1.46. The topological polar surface area (TPSA) is 54.1 Å². The number of piperazine rings is 1. The van der Waals surface area contributed by atoms with E-state index in [1.165, 1.54) is 4.90 Å². The van der Waals surface area contributed by atoms with Crippen LogP contribution in [0.1, 0.15) is 5.69 Å². The number of nitrogens with one attached hydrogen (secondary N) is 2. The van der Waals surface area contributed by atoms with Gasteiger partial charge in [-0.25, -0.2) is 9.99 Å². The molecule has 0 unspecified atom stereocenters. The van der Waals surface area contributed by atoms with E-state index in [1.807, 2.05) is 45.3 Å². The Morgan fingerprint density at radius 3 is 2.77 bits per heavy atom. The zero-order chi connectivity index (χ0) is 18.1. The normalized spacial score (nSPS) is 16.2. The van der Waals surface area contributed by atoms with Crippen LogP contribution in [0.2, 0.25) is 5.02 Å². The molecule has 0 saturated carbocycles. The molecular formula is C18H21ClN5OS+. The van der Waals surface area contributed by atoms with E-state index in [-0.39, 0.29) is 5.91 Å².